The summed E-state index contributed by atoms with van der Waals surface area (Å²) in [4.78, 5) is 14.8. The van der Waals surface area contributed by atoms with Gasteiger partial charge in [0.25, 0.3) is 0 Å². The minimum absolute atomic E-state index is 0.155. The van der Waals surface area contributed by atoms with Crippen LogP contribution in [0.3, 0.4) is 0 Å². The van der Waals surface area contributed by atoms with Crippen molar-refractivity contribution in [2.75, 3.05) is 18.2 Å². The molecule has 0 aliphatic rings. The van der Waals surface area contributed by atoms with E-state index in [1.807, 2.05) is 116 Å². The second-order valence-electron chi connectivity index (χ2n) is 9.37. The van der Waals surface area contributed by atoms with Gasteiger partial charge in [-0.05, 0) is 79.7 Å². The van der Waals surface area contributed by atoms with E-state index < -0.39 is 0 Å². The Morgan fingerprint density at radius 2 is 1.26 bits per heavy atom. The molecule has 0 unspecified atom stereocenters. The first-order valence-corrected chi connectivity index (χ1v) is 15.6. The fourth-order valence-electron chi connectivity index (χ4n) is 4.10. The molecule has 8 heteroatoms. The molecule has 0 radical (unpaired) electrons. The first-order chi connectivity index (χ1) is 21.0. The zero-order valence-corrected chi connectivity index (χ0v) is 25.3. The van der Waals surface area contributed by atoms with Crippen LogP contribution in [0.2, 0.25) is 0 Å². The van der Waals surface area contributed by atoms with Crippen molar-refractivity contribution in [2.24, 2.45) is 0 Å². The third-order valence-electron chi connectivity index (χ3n) is 6.17. The van der Waals surface area contributed by atoms with Crippen molar-refractivity contribution < 1.29 is 19.0 Å². The lowest BCUT2D eigenvalue weighted by atomic mass is 10.1. The number of ketones is 1. The van der Waals surface area contributed by atoms with E-state index in [2.05, 4.69) is 5.32 Å². The Labute approximate surface area is 259 Å². The maximum atomic E-state index is 13.0. The summed E-state index contributed by atoms with van der Waals surface area (Å²) in [6, 6.07) is 37.8. The molecule has 5 aromatic rings. The van der Waals surface area contributed by atoms with Gasteiger partial charge in [-0.15, -0.1) is 0 Å². The summed E-state index contributed by atoms with van der Waals surface area (Å²) in [6.07, 6.45) is 1.57. The van der Waals surface area contributed by atoms with E-state index in [1.54, 1.807) is 25.3 Å². The summed E-state index contributed by atoms with van der Waals surface area (Å²) in [5.41, 5.74) is 8.97. The Morgan fingerprint density at radius 1 is 0.698 bits per heavy atom. The number of para-hydroxylation sites is 3. The molecular formula is C35H30N2O4S2. The average molecular weight is 607 g/mol. The van der Waals surface area contributed by atoms with Crippen LogP contribution in [0.15, 0.2) is 143 Å². The van der Waals surface area contributed by atoms with E-state index in [0.29, 0.717) is 34.2 Å². The number of nitrogen functional groups attached to an aromatic ring is 1. The molecule has 0 heterocycles. The van der Waals surface area contributed by atoms with Gasteiger partial charge in [0.15, 0.2) is 5.78 Å². The number of ether oxygens (including phenoxy) is 3. The predicted octanol–water partition coefficient (Wildman–Crippen LogP) is 9.86. The lowest BCUT2D eigenvalue weighted by Gasteiger charge is -2.15. The van der Waals surface area contributed by atoms with Crippen LogP contribution >= 0.6 is 21.6 Å². The highest BCUT2D eigenvalue weighted by molar-refractivity contribution is 8.76. The summed E-state index contributed by atoms with van der Waals surface area (Å²) in [5, 5.41) is 3.39. The molecule has 0 amide bonds. The maximum Gasteiger partial charge on any atom is 0.191 e. The SMILES string of the molecule is COc1ccccc1C(=O)/C=C(\C)Nc1ccc(Oc2ccccc2)cc1SSc1cc(Oc2ccccc2)ccc1N. The van der Waals surface area contributed by atoms with Crippen molar-refractivity contribution in [3.8, 4) is 28.7 Å². The van der Waals surface area contributed by atoms with Crippen molar-refractivity contribution in [3.05, 3.63) is 139 Å². The number of nitrogens with two attached hydrogens (primary N) is 1. The van der Waals surface area contributed by atoms with Crippen molar-refractivity contribution in [2.45, 2.75) is 16.7 Å². The Hall–Kier alpha value is -4.79. The molecule has 6 nitrogen and oxygen atoms in total. The van der Waals surface area contributed by atoms with Crippen LogP contribution in [0.1, 0.15) is 17.3 Å². The van der Waals surface area contributed by atoms with Gasteiger partial charge < -0.3 is 25.3 Å². The molecule has 0 saturated carbocycles. The first-order valence-electron chi connectivity index (χ1n) is 13.4. The summed E-state index contributed by atoms with van der Waals surface area (Å²) >= 11 is 0. The fraction of sp³-hybridized carbons (Fsp3) is 0.0571. The number of rotatable bonds is 12. The fourth-order valence-corrected chi connectivity index (χ4v) is 6.37. The lowest BCUT2D eigenvalue weighted by Crippen LogP contribution is -2.04. The summed E-state index contributed by atoms with van der Waals surface area (Å²) in [7, 11) is 4.59. The van der Waals surface area contributed by atoms with Gasteiger partial charge in [0.1, 0.15) is 28.7 Å². The van der Waals surface area contributed by atoms with Crippen molar-refractivity contribution in [3.63, 3.8) is 0 Å². The molecule has 0 aliphatic carbocycles. The lowest BCUT2D eigenvalue weighted by molar-refractivity contribution is 0.104. The molecule has 5 rings (SSSR count). The van der Waals surface area contributed by atoms with Gasteiger partial charge in [-0.3, -0.25) is 4.79 Å². The molecule has 0 bridgehead atoms. The Balaban J connectivity index is 1.39. The van der Waals surface area contributed by atoms with Crippen LogP contribution in [-0.2, 0) is 0 Å². The number of carbonyl (C=O) groups excluding carboxylic acids is 1. The van der Waals surface area contributed by atoms with Crippen molar-refractivity contribution in [1.29, 1.82) is 0 Å². The summed E-state index contributed by atoms with van der Waals surface area (Å²) in [5.74, 6) is 3.23. The van der Waals surface area contributed by atoms with Gasteiger partial charge in [0, 0.05) is 27.3 Å². The molecule has 0 aromatic heterocycles. The van der Waals surface area contributed by atoms with Gasteiger partial charge in [-0.25, -0.2) is 0 Å². The number of hydrogen-bond acceptors (Lipinski definition) is 8. The molecule has 0 saturated heterocycles. The zero-order chi connectivity index (χ0) is 30.0. The zero-order valence-electron chi connectivity index (χ0n) is 23.7. The van der Waals surface area contributed by atoms with Crippen LogP contribution in [0, 0.1) is 0 Å². The topological polar surface area (TPSA) is 82.8 Å². The van der Waals surface area contributed by atoms with Gasteiger partial charge in [-0.2, -0.15) is 0 Å². The maximum absolute atomic E-state index is 13.0. The smallest absolute Gasteiger partial charge is 0.191 e. The summed E-state index contributed by atoms with van der Waals surface area (Å²) < 4.78 is 17.5. The van der Waals surface area contributed by atoms with E-state index in [9.17, 15) is 4.79 Å². The van der Waals surface area contributed by atoms with E-state index in [1.165, 1.54) is 21.6 Å². The van der Waals surface area contributed by atoms with Crippen LogP contribution in [0.25, 0.3) is 0 Å². The van der Waals surface area contributed by atoms with Crippen molar-refractivity contribution in [1.82, 2.24) is 0 Å². The molecular weight excluding hydrogens is 577 g/mol. The molecule has 0 aliphatic heterocycles. The average Bonchev–Trinajstić information content (AvgIpc) is 3.03. The Morgan fingerprint density at radius 3 is 1.91 bits per heavy atom. The second-order valence-corrected chi connectivity index (χ2v) is 11.6. The van der Waals surface area contributed by atoms with Gasteiger partial charge in [0.2, 0.25) is 0 Å². The summed E-state index contributed by atoms with van der Waals surface area (Å²) in [6.45, 7) is 1.85. The molecule has 0 spiro atoms. The Bertz CT molecular complexity index is 1730. The third kappa shape index (κ3) is 8.16. The van der Waals surface area contributed by atoms with Crippen LogP contribution < -0.4 is 25.3 Å². The van der Waals surface area contributed by atoms with E-state index in [-0.39, 0.29) is 5.78 Å². The minimum atomic E-state index is -0.155. The number of methoxy groups -OCH3 is 1. The monoisotopic (exact) mass is 606 g/mol. The van der Waals surface area contributed by atoms with Gasteiger partial charge >= 0.3 is 0 Å². The van der Waals surface area contributed by atoms with Gasteiger partial charge in [0.05, 0.1) is 18.4 Å². The standard InChI is InChI=1S/C35H30N2O4S2/c1-24(21-32(38)29-15-9-10-16-33(29)39-2)37-31-20-18-28(41-26-13-7-4-8-14-26)23-35(31)43-42-34-22-27(17-19-30(34)36)40-25-11-5-3-6-12-25/h3-23,37H,36H2,1-2H3/b24-21+. The van der Waals surface area contributed by atoms with Crippen LogP contribution in [0.4, 0.5) is 11.4 Å². The number of nitrogens with one attached hydrogen (secondary N) is 1. The molecule has 216 valence electrons. The highest BCUT2D eigenvalue weighted by Crippen LogP contribution is 2.46. The first kappa shape index (κ1) is 29.7. The quantitative estimate of drug-likeness (QED) is 0.0628. The molecule has 0 atom stereocenters. The number of allylic oxidation sites excluding steroid dienone is 2. The van der Waals surface area contributed by atoms with E-state index in [4.69, 9.17) is 19.9 Å². The molecule has 43 heavy (non-hydrogen) atoms. The molecule has 0 fully saturated rings. The minimum Gasteiger partial charge on any atom is -0.496 e. The highest BCUT2D eigenvalue weighted by Gasteiger charge is 2.13. The predicted molar refractivity (Wildman–Crippen MR) is 177 cm³/mol. The Kier molecular flexibility index (Phi) is 9.94. The third-order valence-corrected chi connectivity index (χ3v) is 8.63. The van der Waals surface area contributed by atoms with Gasteiger partial charge in [-0.1, -0.05) is 70.1 Å². The normalized spacial score (nSPS) is 11.1. The number of benzene rings is 5. The van der Waals surface area contributed by atoms with Crippen LogP contribution in [-0.4, -0.2) is 12.9 Å². The number of hydrogen-bond donors (Lipinski definition) is 2. The molecule has 3 N–H and O–H groups in total. The molecule has 5 aromatic carbocycles. The second kappa shape index (κ2) is 14.4. The van der Waals surface area contributed by atoms with E-state index in [0.717, 1.165) is 27.0 Å². The number of anilines is 2. The van der Waals surface area contributed by atoms with Crippen molar-refractivity contribution >= 4 is 38.7 Å². The largest absolute Gasteiger partial charge is 0.496 e. The van der Waals surface area contributed by atoms with E-state index >= 15 is 0 Å². The number of carbonyl (C=O) groups is 1. The highest BCUT2D eigenvalue weighted by atomic mass is 33.1. The van der Waals surface area contributed by atoms with Crippen LogP contribution in [0.5, 0.6) is 28.7 Å².